The van der Waals surface area contributed by atoms with E-state index in [4.69, 9.17) is 0 Å². The molecule has 0 spiro atoms. The van der Waals surface area contributed by atoms with Crippen molar-refractivity contribution in [3.8, 4) is 0 Å². The maximum Gasteiger partial charge on any atom is 0.395 e. The molecule has 0 heterocycles. The lowest BCUT2D eigenvalue weighted by atomic mass is 9.96. The minimum atomic E-state index is -1.76. The van der Waals surface area contributed by atoms with Crippen molar-refractivity contribution in [3.05, 3.63) is 71.8 Å². The van der Waals surface area contributed by atoms with Crippen molar-refractivity contribution >= 4 is 51.8 Å². The maximum atomic E-state index is 12.9. The number of hydrogen-bond donors (Lipinski definition) is 4. The predicted molar refractivity (Wildman–Crippen MR) is 146 cm³/mol. The fourth-order valence-electron chi connectivity index (χ4n) is 4.40. The molecule has 3 aromatic carbocycles. The van der Waals surface area contributed by atoms with Crippen molar-refractivity contribution in [2.45, 2.75) is 45.6 Å². The van der Waals surface area contributed by atoms with Crippen LogP contribution in [0.1, 0.15) is 49.0 Å². The number of para-hydroxylation sites is 1. The summed E-state index contributed by atoms with van der Waals surface area (Å²) in [5.41, 5.74) is 0.491. The molecular weight excluding hydrogens is 502 g/mol. The second kappa shape index (κ2) is 13.2. The van der Waals surface area contributed by atoms with E-state index >= 15 is 0 Å². The van der Waals surface area contributed by atoms with E-state index in [0.717, 1.165) is 24.2 Å². The zero-order chi connectivity index (χ0) is 28.5. The van der Waals surface area contributed by atoms with Crippen LogP contribution in [0, 0.1) is 0 Å². The minimum absolute atomic E-state index is 0.0992. The van der Waals surface area contributed by atoms with Crippen molar-refractivity contribution in [2.75, 3.05) is 11.4 Å². The highest BCUT2D eigenvalue weighted by atomic mass is 16.4. The molecule has 0 aliphatic carbocycles. The van der Waals surface area contributed by atoms with Crippen molar-refractivity contribution in [2.24, 2.45) is 0 Å². The first-order chi connectivity index (χ1) is 18.6. The molecule has 0 aliphatic rings. The first-order valence-corrected chi connectivity index (χ1v) is 12.6. The predicted octanol–water partition coefficient (Wildman–Crippen LogP) is 3.64. The van der Waals surface area contributed by atoms with Gasteiger partial charge in [-0.2, -0.15) is 0 Å². The molecule has 39 heavy (non-hydrogen) atoms. The second-order valence-corrected chi connectivity index (χ2v) is 9.01. The third kappa shape index (κ3) is 6.98. The number of nitrogens with one attached hydrogen (secondary N) is 2. The molecule has 3 aromatic rings. The Bertz CT molecular complexity index is 1400. The summed E-state index contributed by atoms with van der Waals surface area (Å²) in [7, 11) is 0. The molecule has 10 nitrogen and oxygen atoms in total. The highest BCUT2D eigenvalue weighted by molar-refractivity contribution is 6.40. The number of anilines is 2. The molecule has 3 amide bonds. The lowest BCUT2D eigenvalue weighted by Gasteiger charge is -2.25. The Kier molecular flexibility index (Phi) is 9.75. The van der Waals surface area contributed by atoms with E-state index in [9.17, 15) is 34.2 Å². The Morgan fingerprint density at radius 1 is 0.846 bits per heavy atom. The molecule has 0 aromatic heterocycles. The number of hydrogen-bond acceptors (Lipinski definition) is 5. The molecular formula is C29H31N3O7. The van der Waals surface area contributed by atoms with Gasteiger partial charge < -0.3 is 20.8 Å². The van der Waals surface area contributed by atoms with E-state index in [1.54, 1.807) is 30.3 Å². The summed E-state index contributed by atoms with van der Waals surface area (Å²) in [6.07, 6.45) is 2.92. The van der Waals surface area contributed by atoms with Crippen LogP contribution in [0.15, 0.2) is 60.7 Å². The van der Waals surface area contributed by atoms with Crippen LogP contribution >= 0.6 is 0 Å². The number of rotatable bonds is 11. The molecule has 3 rings (SSSR count). The third-order valence-corrected chi connectivity index (χ3v) is 6.19. The summed E-state index contributed by atoms with van der Waals surface area (Å²) in [6, 6.07) is 14.8. The van der Waals surface area contributed by atoms with Gasteiger partial charge >= 0.3 is 17.8 Å². The van der Waals surface area contributed by atoms with Gasteiger partial charge in [0.05, 0.1) is 16.9 Å². The van der Waals surface area contributed by atoms with Crippen molar-refractivity contribution in [1.29, 1.82) is 0 Å². The molecule has 204 valence electrons. The topological polar surface area (TPSA) is 153 Å². The fraction of sp³-hybridized carbons (Fsp3) is 0.276. The largest absolute Gasteiger partial charge is 0.478 e. The summed E-state index contributed by atoms with van der Waals surface area (Å²) >= 11 is 0. The quantitative estimate of drug-likeness (QED) is 0.217. The van der Waals surface area contributed by atoms with Crippen LogP contribution in [-0.4, -0.2) is 52.5 Å². The van der Waals surface area contributed by atoms with Crippen LogP contribution in [-0.2, 0) is 25.6 Å². The van der Waals surface area contributed by atoms with E-state index in [1.165, 1.54) is 37.3 Å². The zero-order valence-corrected chi connectivity index (χ0v) is 21.8. The molecule has 1 atom stereocenters. The van der Waals surface area contributed by atoms with Crippen molar-refractivity contribution in [3.63, 3.8) is 0 Å². The van der Waals surface area contributed by atoms with Crippen LogP contribution in [0.25, 0.3) is 10.8 Å². The number of fused-ring (bicyclic) bond motifs is 1. The number of amides is 3. The average molecular weight is 534 g/mol. The minimum Gasteiger partial charge on any atom is -0.478 e. The van der Waals surface area contributed by atoms with Gasteiger partial charge in [0.15, 0.2) is 0 Å². The Morgan fingerprint density at radius 3 is 2.15 bits per heavy atom. The van der Waals surface area contributed by atoms with Crippen molar-refractivity contribution in [1.82, 2.24) is 10.6 Å². The average Bonchev–Trinajstić information content (AvgIpc) is 2.91. The summed E-state index contributed by atoms with van der Waals surface area (Å²) in [6.45, 7) is 3.87. The van der Waals surface area contributed by atoms with Gasteiger partial charge in [0.1, 0.15) is 6.04 Å². The standard InChI is InChI=1S/C29H31N3O7/c1-3-4-9-16-30-26(34)23(31-18(2)33)17-19-14-15-25(21-11-6-5-10-20(19)21)32(27(35)29(38)39)24-13-8-7-12-22(24)28(36)37/h5-8,10-15,23H,3-4,9,16-17H2,1-2H3,(H,30,34)(H,31,33)(H,36,37)(H,38,39)/t23-/m0/s1. The number of benzene rings is 3. The Hall–Kier alpha value is -4.73. The van der Waals surface area contributed by atoms with Gasteiger partial charge in [-0.05, 0) is 35.6 Å². The summed E-state index contributed by atoms with van der Waals surface area (Å²) in [5, 5.41) is 25.9. The zero-order valence-electron chi connectivity index (χ0n) is 21.8. The number of unbranched alkanes of at least 4 members (excludes halogenated alkanes) is 2. The van der Waals surface area contributed by atoms with Gasteiger partial charge in [-0.3, -0.25) is 19.3 Å². The maximum absolute atomic E-state index is 12.9. The molecule has 10 heteroatoms. The van der Waals surface area contributed by atoms with E-state index in [1.807, 2.05) is 0 Å². The monoisotopic (exact) mass is 533 g/mol. The number of carboxylic acids is 2. The highest BCUT2D eigenvalue weighted by Gasteiger charge is 2.30. The molecule has 0 fully saturated rings. The van der Waals surface area contributed by atoms with Gasteiger partial charge in [0.25, 0.3) is 0 Å². The number of aromatic carboxylic acids is 1. The van der Waals surface area contributed by atoms with Crippen LogP contribution in [0.5, 0.6) is 0 Å². The van der Waals surface area contributed by atoms with Gasteiger partial charge in [-0.1, -0.05) is 62.2 Å². The Labute approximate surface area is 225 Å². The van der Waals surface area contributed by atoms with E-state index in [-0.39, 0.29) is 35.2 Å². The molecule has 0 aliphatic heterocycles. The van der Waals surface area contributed by atoms with E-state index in [2.05, 4.69) is 17.6 Å². The van der Waals surface area contributed by atoms with Crippen LogP contribution < -0.4 is 15.5 Å². The molecule has 0 unspecified atom stereocenters. The lowest BCUT2D eigenvalue weighted by molar-refractivity contribution is -0.148. The van der Waals surface area contributed by atoms with Gasteiger partial charge in [-0.25, -0.2) is 9.59 Å². The summed E-state index contributed by atoms with van der Waals surface area (Å²) < 4.78 is 0. The van der Waals surface area contributed by atoms with Crippen LogP contribution in [0.2, 0.25) is 0 Å². The first-order valence-electron chi connectivity index (χ1n) is 12.6. The molecule has 0 saturated heterocycles. The highest BCUT2D eigenvalue weighted by Crippen LogP contribution is 2.36. The Balaban J connectivity index is 2.10. The Morgan fingerprint density at radius 2 is 1.51 bits per heavy atom. The fourth-order valence-corrected chi connectivity index (χ4v) is 4.40. The third-order valence-electron chi connectivity index (χ3n) is 6.19. The SMILES string of the molecule is CCCCCNC(=O)[C@H](Cc1ccc(N(C(=O)C(=O)O)c2ccccc2C(=O)O)c2ccccc12)NC(C)=O. The summed E-state index contributed by atoms with van der Waals surface area (Å²) in [4.78, 5) is 62.3. The number of carbonyl (C=O) groups is 5. The molecule has 0 bridgehead atoms. The number of nitrogens with zero attached hydrogens (tertiary/aromatic N) is 1. The van der Waals surface area contributed by atoms with Gasteiger partial charge in [0.2, 0.25) is 11.8 Å². The lowest BCUT2D eigenvalue weighted by Crippen LogP contribution is -2.47. The van der Waals surface area contributed by atoms with Crippen LogP contribution in [0.4, 0.5) is 11.4 Å². The smallest absolute Gasteiger partial charge is 0.395 e. The number of aliphatic carboxylic acids is 1. The van der Waals surface area contributed by atoms with Gasteiger partial charge in [-0.15, -0.1) is 0 Å². The van der Waals surface area contributed by atoms with Gasteiger partial charge in [0, 0.05) is 25.3 Å². The molecule has 0 radical (unpaired) electrons. The number of carboxylic acid groups (broad SMARTS) is 2. The number of carbonyl (C=O) groups excluding carboxylic acids is 3. The molecule has 4 N–H and O–H groups in total. The normalized spacial score (nSPS) is 11.4. The first kappa shape index (κ1) is 28.8. The van der Waals surface area contributed by atoms with Crippen LogP contribution in [0.3, 0.4) is 0 Å². The van der Waals surface area contributed by atoms with E-state index < -0.39 is 23.9 Å². The summed E-state index contributed by atoms with van der Waals surface area (Å²) in [5.74, 6) is -5.10. The van der Waals surface area contributed by atoms with Crippen molar-refractivity contribution < 1.29 is 34.2 Å². The van der Waals surface area contributed by atoms with E-state index in [0.29, 0.717) is 22.9 Å². The molecule has 0 saturated carbocycles. The second-order valence-electron chi connectivity index (χ2n) is 9.01.